The van der Waals surface area contributed by atoms with Gasteiger partial charge in [0.15, 0.2) is 0 Å². The third-order valence-electron chi connectivity index (χ3n) is 8.57. The Morgan fingerprint density at radius 3 is 2.38 bits per heavy atom. The van der Waals surface area contributed by atoms with Gasteiger partial charge in [0.25, 0.3) is 5.91 Å². The van der Waals surface area contributed by atoms with Gasteiger partial charge in [-0.05, 0) is 96.0 Å². The Labute approximate surface area is 300 Å². The molecule has 1 amide bonds. The monoisotopic (exact) mass is 696 g/mol. The van der Waals surface area contributed by atoms with Gasteiger partial charge in [-0.15, -0.1) is 0 Å². The molecule has 1 aliphatic heterocycles. The van der Waals surface area contributed by atoms with E-state index >= 15 is 0 Å². The second-order valence-electron chi connectivity index (χ2n) is 13.8. The number of amides is 1. The molecular formula is C41H52N4O4S. The maximum absolute atomic E-state index is 13.7. The first-order valence-corrected chi connectivity index (χ1v) is 19.2. The number of hydrogen-bond acceptors (Lipinski definition) is 6. The molecule has 266 valence electrons. The minimum atomic E-state index is -1.23. The van der Waals surface area contributed by atoms with Crippen molar-refractivity contribution in [2.45, 2.75) is 71.1 Å². The number of nitrogens with zero attached hydrogens (tertiary/aromatic N) is 3. The molecule has 50 heavy (non-hydrogen) atoms. The Morgan fingerprint density at radius 1 is 0.920 bits per heavy atom. The number of carbonyl (C=O) groups is 1. The van der Waals surface area contributed by atoms with Crippen molar-refractivity contribution in [1.29, 1.82) is 0 Å². The third kappa shape index (κ3) is 10.4. The summed E-state index contributed by atoms with van der Waals surface area (Å²) in [7, 11) is -1.23. The first kappa shape index (κ1) is 37.1. The Morgan fingerprint density at radius 2 is 1.66 bits per heavy atom. The predicted molar refractivity (Wildman–Crippen MR) is 205 cm³/mol. The van der Waals surface area contributed by atoms with E-state index in [0.29, 0.717) is 42.9 Å². The lowest BCUT2D eigenvalue weighted by atomic mass is 10.00. The lowest BCUT2D eigenvalue weighted by Gasteiger charge is -2.27. The van der Waals surface area contributed by atoms with E-state index in [0.717, 1.165) is 83.4 Å². The minimum Gasteiger partial charge on any atom is -0.491 e. The van der Waals surface area contributed by atoms with E-state index in [9.17, 15) is 9.00 Å². The highest BCUT2D eigenvalue weighted by Gasteiger charge is 2.21. The summed E-state index contributed by atoms with van der Waals surface area (Å²) >= 11 is 0. The normalized spacial score (nSPS) is 13.6. The number of rotatable bonds is 17. The highest BCUT2D eigenvalue weighted by Crippen LogP contribution is 2.34. The van der Waals surface area contributed by atoms with Gasteiger partial charge in [-0.3, -0.25) is 9.00 Å². The average molecular weight is 697 g/mol. The molecule has 1 N–H and O–H groups in total. The van der Waals surface area contributed by atoms with E-state index < -0.39 is 10.8 Å². The molecule has 1 aromatic heterocycles. The smallest absolute Gasteiger partial charge is 0.251 e. The molecule has 5 rings (SSSR count). The fourth-order valence-corrected chi connectivity index (χ4v) is 7.15. The van der Waals surface area contributed by atoms with Gasteiger partial charge in [-0.2, -0.15) is 0 Å². The van der Waals surface area contributed by atoms with Crippen molar-refractivity contribution in [1.82, 2.24) is 9.55 Å². The third-order valence-corrected chi connectivity index (χ3v) is 9.92. The van der Waals surface area contributed by atoms with Crippen LogP contribution in [0.4, 0.5) is 11.4 Å². The number of benzene rings is 3. The van der Waals surface area contributed by atoms with Gasteiger partial charge < -0.3 is 24.3 Å². The molecule has 2 heterocycles. The zero-order valence-electron chi connectivity index (χ0n) is 30.2. The molecule has 0 fully saturated rings. The molecule has 0 radical (unpaired) electrons. The van der Waals surface area contributed by atoms with E-state index in [1.165, 1.54) is 0 Å². The van der Waals surface area contributed by atoms with Crippen LogP contribution in [0.3, 0.4) is 0 Å². The topological polar surface area (TPSA) is 85.7 Å². The largest absolute Gasteiger partial charge is 0.491 e. The molecular weight excluding hydrogens is 645 g/mol. The van der Waals surface area contributed by atoms with Crippen LogP contribution in [-0.4, -0.2) is 52.6 Å². The summed E-state index contributed by atoms with van der Waals surface area (Å²) in [6, 6.07) is 22.0. The van der Waals surface area contributed by atoms with Gasteiger partial charge in [-0.25, -0.2) is 4.98 Å². The summed E-state index contributed by atoms with van der Waals surface area (Å²) in [5, 5.41) is 3.09. The van der Waals surface area contributed by atoms with Crippen LogP contribution in [0.5, 0.6) is 5.75 Å². The summed E-state index contributed by atoms with van der Waals surface area (Å²) < 4.78 is 26.7. The number of anilines is 2. The van der Waals surface area contributed by atoms with Gasteiger partial charge in [-0.1, -0.05) is 59.2 Å². The SMILES string of the molecule is CCCCOCCOc1ccc(-c2ccc3c(c2)C=C(C(=O)Nc2ccc(S(=O)Cc4cncn4CC(C)C)cc2)CCN3CC(C)C)cc1. The molecule has 3 aromatic carbocycles. The van der Waals surface area contributed by atoms with E-state index in [1.807, 2.05) is 42.5 Å². The Bertz CT molecular complexity index is 1750. The van der Waals surface area contributed by atoms with Crippen LogP contribution >= 0.6 is 0 Å². The van der Waals surface area contributed by atoms with E-state index in [4.69, 9.17) is 9.47 Å². The van der Waals surface area contributed by atoms with Gasteiger partial charge >= 0.3 is 0 Å². The molecule has 0 aliphatic carbocycles. The summed E-state index contributed by atoms with van der Waals surface area (Å²) in [6.07, 6.45) is 8.45. The summed E-state index contributed by atoms with van der Waals surface area (Å²) in [4.78, 5) is 21.0. The van der Waals surface area contributed by atoms with Gasteiger partial charge in [0.2, 0.25) is 0 Å². The molecule has 1 atom stereocenters. The van der Waals surface area contributed by atoms with Crippen LogP contribution in [0.25, 0.3) is 17.2 Å². The van der Waals surface area contributed by atoms with E-state index in [-0.39, 0.29) is 5.91 Å². The quantitative estimate of drug-likeness (QED) is 0.111. The molecule has 0 spiro atoms. The van der Waals surface area contributed by atoms with Crippen LogP contribution in [0.2, 0.25) is 0 Å². The van der Waals surface area contributed by atoms with Crippen molar-refractivity contribution >= 4 is 34.2 Å². The number of aromatic nitrogens is 2. The van der Waals surface area contributed by atoms with Crippen molar-refractivity contribution in [2.75, 3.05) is 43.1 Å². The lowest BCUT2D eigenvalue weighted by Crippen LogP contribution is -2.29. The highest BCUT2D eigenvalue weighted by atomic mass is 32.2. The number of fused-ring (bicyclic) bond motifs is 1. The number of imidazole rings is 1. The molecule has 8 nitrogen and oxygen atoms in total. The Balaban J connectivity index is 1.27. The minimum absolute atomic E-state index is 0.126. The molecule has 1 aliphatic rings. The van der Waals surface area contributed by atoms with Crippen LogP contribution in [0.1, 0.15) is 65.1 Å². The zero-order valence-corrected chi connectivity index (χ0v) is 31.0. The predicted octanol–water partition coefficient (Wildman–Crippen LogP) is 8.60. The standard InChI is InChI=1S/C41H52N4O4S/c1-6-7-20-48-21-22-49-38-13-8-32(9-14-38)33-10-17-40-35(23-33)24-34(18-19-44(40)26-30(2)3)41(46)43-36-11-15-39(16-12-36)50(47)28-37-25-42-29-45(37)27-31(4)5/h8-17,23-25,29-31H,6-7,18-22,26-28H2,1-5H3,(H,43,46). The average Bonchev–Trinajstić information content (AvgIpc) is 3.44. The molecule has 0 saturated carbocycles. The number of nitrogens with one attached hydrogen (secondary N) is 1. The van der Waals surface area contributed by atoms with Crippen LogP contribution in [0.15, 0.2) is 89.7 Å². The molecule has 0 saturated heterocycles. The number of carbonyl (C=O) groups excluding carboxylic acids is 1. The number of unbranched alkanes of at least 4 members (excludes halogenated alkanes) is 1. The van der Waals surface area contributed by atoms with Crippen molar-refractivity contribution < 1.29 is 18.5 Å². The van der Waals surface area contributed by atoms with Crippen LogP contribution < -0.4 is 15.0 Å². The second kappa shape index (κ2) is 18.2. The molecule has 1 unspecified atom stereocenters. The maximum Gasteiger partial charge on any atom is 0.251 e. The summed E-state index contributed by atoms with van der Waals surface area (Å²) in [5.74, 6) is 2.03. The number of hydrogen-bond donors (Lipinski definition) is 1. The van der Waals surface area contributed by atoms with Gasteiger partial charge in [0, 0.05) is 54.3 Å². The highest BCUT2D eigenvalue weighted by molar-refractivity contribution is 7.84. The Hall–Kier alpha value is -4.21. The van der Waals surface area contributed by atoms with Crippen LogP contribution in [0, 0.1) is 11.8 Å². The second-order valence-corrected chi connectivity index (χ2v) is 15.2. The number of ether oxygens (including phenoxy) is 2. The summed E-state index contributed by atoms with van der Waals surface area (Å²) in [5.41, 5.74) is 6.68. The first-order valence-electron chi connectivity index (χ1n) is 17.9. The summed E-state index contributed by atoms with van der Waals surface area (Å²) in [6.45, 7) is 15.3. The van der Waals surface area contributed by atoms with E-state index in [1.54, 1.807) is 12.5 Å². The zero-order chi connectivity index (χ0) is 35.5. The Kier molecular flexibility index (Phi) is 13.5. The maximum atomic E-state index is 13.7. The van der Waals surface area contributed by atoms with Gasteiger partial charge in [0.05, 0.1) is 35.2 Å². The fourth-order valence-electron chi connectivity index (χ4n) is 6.04. The lowest BCUT2D eigenvalue weighted by molar-refractivity contribution is -0.112. The molecule has 0 bridgehead atoms. The van der Waals surface area contributed by atoms with Gasteiger partial charge in [0.1, 0.15) is 12.4 Å². The van der Waals surface area contributed by atoms with Crippen molar-refractivity contribution in [3.05, 3.63) is 96.1 Å². The molecule has 4 aromatic rings. The van der Waals surface area contributed by atoms with Crippen molar-refractivity contribution in [3.8, 4) is 16.9 Å². The molecule has 9 heteroatoms. The van der Waals surface area contributed by atoms with Crippen molar-refractivity contribution in [2.24, 2.45) is 11.8 Å². The van der Waals surface area contributed by atoms with Crippen molar-refractivity contribution in [3.63, 3.8) is 0 Å². The first-order chi connectivity index (χ1) is 24.2. The van der Waals surface area contributed by atoms with Crippen LogP contribution in [-0.2, 0) is 32.6 Å². The van der Waals surface area contributed by atoms with E-state index in [2.05, 4.69) is 84.7 Å². The fraction of sp³-hybridized carbons (Fsp3) is 0.415.